The molecule has 0 amide bonds. The lowest BCUT2D eigenvalue weighted by atomic mass is 10.3. The van der Waals surface area contributed by atoms with Gasteiger partial charge in [-0.2, -0.15) is 18.2 Å². The highest BCUT2D eigenvalue weighted by Crippen LogP contribution is 2.29. The second-order valence-electron chi connectivity index (χ2n) is 3.71. The van der Waals surface area contributed by atoms with Crippen LogP contribution in [0.1, 0.15) is 17.3 Å². The molecule has 0 saturated heterocycles. The van der Waals surface area contributed by atoms with Crippen molar-refractivity contribution in [3.8, 4) is 0 Å². The van der Waals surface area contributed by atoms with Gasteiger partial charge in [0.2, 0.25) is 11.8 Å². The Bertz CT molecular complexity index is 581. The SMILES string of the molecule is Cc1cnc(CNc2cc(C(F)(F)F)nc(N)n2)o1. The Hall–Kier alpha value is -2.32. The number of anilines is 2. The first-order valence-electron chi connectivity index (χ1n) is 5.21. The Morgan fingerprint density at radius 1 is 1.37 bits per heavy atom. The summed E-state index contributed by atoms with van der Waals surface area (Å²) in [6.45, 7) is 1.81. The molecule has 6 nitrogen and oxygen atoms in total. The predicted octanol–water partition coefficient (Wildman–Crippen LogP) is 1.99. The van der Waals surface area contributed by atoms with Gasteiger partial charge in [-0.15, -0.1) is 0 Å². The lowest BCUT2D eigenvalue weighted by Crippen LogP contribution is -2.13. The number of nitrogens with two attached hydrogens (primary N) is 1. The van der Waals surface area contributed by atoms with E-state index in [1.165, 1.54) is 6.20 Å². The van der Waals surface area contributed by atoms with Crippen molar-refractivity contribution in [1.29, 1.82) is 0 Å². The van der Waals surface area contributed by atoms with Crippen molar-refractivity contribution in [3.05, 3.63) is 29.6 Å². The molecule has 0 aliphatic heterocycles. The maximum atomic E-state index is 12.5. The van der Waals surface area contributed by atoms with E-state index in [1.54, 1.807) is 6.92 Å². The van der Waals surface area contributed by atoms with Crippen molar-refractivity contribution in [2.75, 3.05) is 11.1 Å². The summed E-state index contributed by atoms with van der Waals surface area (Å²) in [6, 6.07) is 0.770. The van der Waals surface area contributed by atoms with Crippen molar-refractivity contribution in [2.45, 2.75) is 19.6 Å². The van der Waals surface area contributed by atoms with Crippen LogP contribution >= 0.6 is 0 Å². The molecule has 0 aromatic carbocycles. The zero-order valence-electron chi connectivity index (χ0n) is 9.82. The summed E-state index contributed by atoms with van der Waals surface area (Å²) >= 11 is 0. The zero-order chi connectivity index (χ0) is 14.0. The van der Waals surface area contributed by atoms with Crippen LogP contribution in [0.25, 0.3) is 0 Å². The third-order valence-electron chi connectivity index (χ3n) is 2.12. The van der Waals surface area contributed by atoms with E-state index in [0.29, 0.717) is 11.7 Å². The molecule has 0 aliphatic carbocycles. The first-order valence-corrected chi connectivity index (χ1v) is 5.21. The van der Waals surface area contributed by atoms with Crippen molar-refractivity contribution in [2.24, 2.45) is 0 Å². The second-order valence-corrected chi connectivity index (χ2v) is 3.71. The third-order valence-corrected chi connectivity index (χ3v) is 2.12. The van der Waals surface area contributed by atoms with E-state index >= 15 is 0 Å². The minimum absolute atomic E-state index is 0.0457. The Morgan fingerprint density at radius 2 is 2.11 bits per heavy atom. The molecule has 9 heteroatoms. The summed E-state index contributed by atoms with van der Waals surface area (Å²) in [5.41, 5.74) is 4.12. The molecule has 19 heavy (non-hydrogen) atoms. The number of hydrogen-bond donors (Lipinski definition) is 2. The normalized spacial score (nSPS) is 11.6. The van der Waals surface area contributed by atoms with Gasteiger partial charge in [0.1, 0.15) is 11.6 Å². The van der Waals surface area contributed by atoms with Crippen LogP contribution in [0.4, 0.5) is 24.9 Å². The van der Waals surface area contributed by atoms with Gasteiger partial charge in [-0.05, 0) is 6.92 Å². The first kappa shape index (κ1) is 13.1. The Kier molecular flexibility index (Phi) is 3.28. The van der Waals surface area contributed by atoms with Gasteiger partial charge in [-0.1, -0.05) is 0 Å². The summed E-state index contributed by atoms with van der Waals surface area (Å²) in [5.74, 6) is 0.440. The van der Waals surface area contributed by atoms with Gasteiger partial charge in [0.15, 0.2) is 5.69 Å². The number of nitrogens with one attached hydrogen (secondary N) is 1. The molecule has 0 saturated carbocycles. The van der Waals surface area contributed by atoms with Crippen LogP contribution in [0, 0.1) is 6.92 Å². The Morgan fingerprint density at radius 3 is 2.68 bits per heavy atom. The second kappa shape index (κ2) is 4.75. The fourth-order valence-corrected chi connectivity index (χ4v) is 1.35. The van der Waals surface area contributed by atoms with Gasteiger partial charge in [0.25, 0.3) is 0 Å². The number of aromatic nitrogens is 3. The van der Waals surface area contributed by atoms with Gasteiger partial charge >= 0.3 is 6.18 Å². The van der Waals surface area contributed by atoms with Gasteiger partial charge in [0, 0.05) is 6.07 Å². The highest BCUT2D eigenvalue weighted by molar-refractivity contribution is 5.41. The Labute approximate surface area is 105 Å². The molecular weight excluding hydrogens is 263 g/mol. The van der Waals surface area contributed by atoms with E-state index in [0.717, 1.165) is 6.07 Å². The predicted molar refractivity (Wildman–Crippen MR) is 60.0 cm³/mol. The fraction of sp³-hybridized carbons (Fsp3) is 0.300. The van der Waals surface area contributed by atoms with Crippen molar-refractivity contribution < 1.29 is 17.6 Å². The summed E-state index contributed by atoms with van der Waals surface area (Å²) in [6.07, 6.45) is -3.07. The van der Waals surface area contributed by atoms with E-state index in [9.17, 15) is 13.2 Å². The molecule has 0 fully saturated rings. The molecule has 0 aliphatic rings. The minimum Gasteiger partial charge on any atom is -0.444 e. The molecule has 2 rings (SSSR count). The highest BCUT2D eigenvalue weighted by Gasteiger charge is 2.33. The van der Waals surface area contributed by atoms with E-state index in [-0.39, 0.29) is 12.4 Å². The van der Waals surface area contributed by atoms with Crippen LogP contribution in [0.2, 0.25) is 0 Å². The van der Waals surface area contributed by atoms with Crippen LogP contribution in [-0.2, 0) is 12.7 Å². The standard InChI is InChI=1S/C10H10F3N5O/c1-5-3-16-8(19-5)4-15-7-2-6(10(11,12)13)17-9(14)18-7/h2-3H,4H2,1H3,(H3,14,15,17,18). The molecule has 0 unspecified atom stereocenters. The maximum absolute atomic E-state index is 12.5. The third kappa shape index (κ3) is 3.33. The van der Waals surface area contributed by atoms with Gasteiger partial charge in [-0.25, -0.2) is 9.97 Å². The minimum atomic E-state index is -4.58. The number of nitrogens with zero attached hydrogens (tertiary/aromatic N) is 3. The fourth-order valence-electron chi connectivity index (χ4n) is 1.35. The summed E-state index contributed by atoms with van der Waals surface area (Å²) in [4.78, 5) is 10.7. The largest absolute Gasteiger partial charge is 0.444 e. The van der Waals surface area contributed by atoms with Crippen molar-refractivity contribution in [3.63, 3.8) is 0 Å². The topological polar surface area (TPSA) is 89.9 Å². The molecule has 2 aromatic heterocycles. The number of hydrogen-bond acceptors (Lipinski definition) is 6. The summed E-state index contributed by atoms with van der Waals surface area (Å²) in [5, 5.41) is 2.64. The van der Waals surface area contributed by atoms with E-state index in [4.69, 9.17) is 10.2 Å². The lowest BCUT2D eigenvalue weighted by molar-refractivity contribution is -0.141. The molecule has 2 aromatic rings. The van der Waals surface area contributed by atoms with Crippen LogP contribution < -0.4 is 11.1 Å². The van der Waals surface area contributed by atoms with E-state index < -0.39 is 17.8 Å². The van der Waals surface area contributed by atoms with Crippen molar-refractivity contribution in [1.82, 2.24) is 15.0 Å². The molecule has 0 atom stereocenters. The van der Waals surface area contributed by atoms with E-state index in [2.05, 4.69) is 20.3 Å². The molecule has 0 spiro atoms. The van der Waals surface area contributed by atoms with Gasteiger partial charge < -0.3 is 15.5 Å². The van der Waals surface area contributed by atoms with Gasteiger partial charge in [0.05, 0.1) is 12.7 Å². The number of aryl methyl sites for hydroxylation is 1. The number of alkyl halides is 3. The van der Waals surface area contributed by atoms with E-state index in [1.807, 2.05) is 0 Å². The Balaban J connectivity index is 2.14. The average molecular weight is 273 g/mol. The molecule has 3 N–H and O–H groups in total. The lowest BCUT2D eigenvalue weighted by Gasteiger charge is -2.09. The number of rotatable bonds is 3. The molecular formula is C10H10F3N5O. The number of halogens is 3. The molecule has 2 heterocycles. The first-order chi connectivity index (χ1) is 8.84. The molecule has 102 valence electrons. The quantitative estimate of drug-likeness (QED) is 0.888. The smallest absolute Gasteiger partial charge is 0.433 e. The highest BCUT2D eigenvalue weighted by atomic mass is 19.4. The van der Waals surface area contributed by atoms with Crippen LogP contribution in [0.5, 0.6) is 0 Å². The number of nitrogen functional groups attached to an aromatic ring is 1. The molecule has 0 bridgehead atoms. The maximum Gasteiger partial charge on any atom is 0.433 e. The molecule has 0 radical (unpaired) electrons. The monoisotopic (exact) mass is 273 g/mol. The summed E-state index contributed by atoms with van der Waals surface area (Å²) in [7, 11) is 0. The van der Waals surface area contributed by atoms with Crippen LogP contribution in [0.3, 0.4) is 0 Å². The van der Waals surface area contributed by atoms with Gasteiger partial charge in [-0.3, -0.25) is 0 Å². The van der Waals surface area contributed by atoms with Crippen LogP contribution in [-0.4, -0.2) is 15.0 Å². The summed E-state index contributed by atoms with van der Waals surface area (Å²) < 4.78 is 42.7. The van der Waals surface area contributed by atoms with Crippen molar-refractivity contribution >= 4 is 11.8 Å². The number of oxazole rings is 1. The average Bonchev–Trinajstić information content (AvgIpc) is 2.71. The zero-order valence-corrected chi connectivity index (χ0v) is 9.82. The van der Waals surface area contributed by atoms with Crippen LogP contribution in [0.15, 0.2) is 16.7 Å².